The topological polar surface area (TPSA) is 301 Å². The molecule has 2 aromatic rings. The summed E-state index contributed by atoms with van der Waals surface area (Å²) in [5, 5.41) is 15.5. The van der Waals surface area contributed by atoms with Crippen LogP contribution in [0.1, 0.15) is 81.2 Å². The van der Waals surface area contributed by atoms with Crippen molar-refractivity contribution in [1.82, 2.24) is 25.6 Å². The van der Waals surface area contributed by atoms with Crippen molar-refractivity contribution in [2.75, 3.05) is 26.8 Å². The van der Waals surface area contributed by atoms with Gasteiger partial charge in [-0.25, -0.2) is 8.42 Å². The second kappa shape index (κ2) is 22.7. The minimum Gasteiger partial charge on any atom is -0.496 e. The second-order valence-electron chi connectivity index (χ2n) is 16.0. The van der Waals surface area contributed by atoms with Gasteiger partial charge in [-0.05, 0) is 68.4 Å². The SMILES string of the molecule is COc1cc(C)c(S(=O)(=O)N[C@@H](CC(=O)N[C@@H]2O[C@H](COC(C)=O)[C@@H](OC(C)=O)[C@H](OC(C)=O)[C@H]2NC(C)=O)C(=O)N[C@H](Cc2ccc(C(=N)N)cc2)C(=O)N2CCCCC2)c(C)c1C. The van der Waals surface area contributed by atoms with Crippen LogP contribution in [0.5, 0.6) is 5.75 Å². The number of ether oxygens (including phenoxy) is 5. The molecular weight excluding hydrogens is 871 g/mol. The highest BCUT2D eigenvalue weighted by Gasteiger charge is 2.51. The lowest BCUT2D eigenvalue weighted by Gasteiger charge is -2.45. The summed E-state index contributed by atoms with van der Waals surface area (Å²) in [4.78, 5) is 93.4. The number of rotatable bonds is 18. The van der Waals surface area contributed by atoms with Crippen molar-refractivity contribution in [3.63, 3.8) is 0 Å². The van der Waals surface area contributed by atoms with Crippen LogP contribution < -0.4 is 31.1 Å². The highest BCUT2D eigenvalue weighted by Crippen LogP contribution is 2.31. The zero-order valence-corrected chi connectivity index (χ0v) is 38.5. The van der Waals surface area contributed by atoms with Gasteiger partial charge in [0.15, 0.2) is 18.4 Å². The summed E-state index contributed by atoms with van der Waals surface area (Å²) in [5.74, 6) is -5.47. The van der Waals surface area contributed by atoms with Crippen LogP contribution in [0, 0.1) is 26.2 Å². The van der Waals surface area contributed by atoms with Crippen molar-refractivity contribution in [3.8, 4) is 5.75 Å². The minimum absolute atomic E-state index is 0.0557. The van der Waals surface area contributed by atoms with E-state index in [0.717, 1.165) is 47.0 Å². The largest absolute Gasteiger partial charge is 0.496 e. The summed E-state index contributed by atoms with van der Waals surface area (Å²) in [6.07, 6.45) is -4.66. The average molecular weight is 930 g/mol. The Morgan fingerprint density at radius 1 is 0.862 bits per heavy atom. The van der Waals surface area contributed by atoms with Crippen molar-refractivity contribution in [2.45, 2.75) is 128 Å². The van der Waals surface area contributed by atoms with Gasteiger partial charge in [-0.2, -0.15) is 4.72 Å². The Kier molecular flexibility index (Phi) is 18.0. The molecule has 65 heavy (non-hydrogen) atoms. The van der Waals surface area contributed by atoms with Crippen LogP contribution in [-0.2, 0) is 69.0 Å². The first-order valence-corrected chi connectivity index (χ1v) is 22.4. The highest BCUT2D eigenvalue weighted by molar-refractivity contribution is 7.89. The number of hydrogen-bond acceptors (Lipinski definition) is 15. The molecule has 2 aromatic carbocycles. The van der Waals surface area contributed by atoms with Gasteiger partial charge in [-0.15, -0.1) is 0 Å². The van der Waals surface area contributed by atoms with Crippen molar-refractivity contribution in [3.05, 3.63) is 58.1 Å². The Hall–Kier alpha value is -6.13. The van der Waals surface area contributed by atoms with Gasteiger partial charge in [-0.3, -0.25) is 39.0 Å². The maximum Gasteiger partial charge on any atom is 0.303 e. The normalized spacial score (nSPS) is 20.6. The first kappa shape index (κ1) is 51.5. The second-order valence-corrected chi connectivity index (χ2v) is 17.6. The summed E-state index contributed by atoms with van der Waals surface area (Å²) >= 11 is 0. The number of nitrogens with two attached hydrogens (primary N) is 1. The van der Waals surface area contributed by atoms with E-state index in [2.05, 4.69) is 20.7 Å². The van der Waals surface area contributed by atoms with E-state index in [0.29, 0.717) is 41.1 Å². The van der Waals surface area contributed by atoms with Gasteiger partial charge < -0.3 is 50.3 Å². The van der Waals surface area contributed by atoms with Crippen LogP contribution in [0.4, 0.5) is 0 Å². The number of likely N-dealkylation sites (tertiary alicyclic amines) is 1. The lowest BCUT2D eigenvalue weighted by Crippen LogP contribution is -2.69. The van der Waals surface area contributed by atoms with Gasteiger partial charge in [0.2, 0.25) is 33.7 Å². The molecule has 0 aromatic heterocycles. The van der Waals surface area contributed by atoms with Gasteiger partial charge in [0.1, 0.15) is 42.4 Å². The summed E-state index contributed by atoms with van der Waals surface area (Å²) in [6, 6.07) is 3.36. The zero-order valence-electron chi connectivity index (χ0n) is 37.7. The molecular formula is C43H59N7O14S. The molecule has 2 fully saturated rings. The molecule has 2 aliphatic rings. The number of piperidine rings is 1. The summed E-state index contributed by atoms with van der Waals surface area (Å²) < 4.78 is 58.7. The number of nitrogens with zero attached hydrogens (tertiary/aromatic N) is 1. The minimum atomic E-state index is -4.65. The standard InChI is InChI=1S/C43H59N7O14S/c1-22-18-33(60-8)23(2)24(3)39(22)65(58,59)49-31(41(56)47-32(43(57)50-16-10-9-11-17-50)19-29-12-14-30(15-13-29)40(44)45)20-35(55)48-42-36(46-25(4)51)38(63-28(7)54)37(62-27(6)53)34(64-42)21-61-26(5)52/h12-15,18,31-32,34,36-38,42,49H,9-11,16-17,19-21H2,1-8H3,(H3,44,45)(H,46,51)(H,47,56)(H,48,55)/t31-,32+,34+,36+,37+,38+,42+/m0/s1. The predicted molar refractivity (Wildman–Crippen MR) is 232 cm³/mol. The number of nitrogens with one attached hydrogen (secondary N) is 5. The molecule has 0 spiro atoms. The number of methoxy groups -OCH3 is 1. The summed E-state index contributed by atoms with van der Waals surface area (Å²) in [6.45, 7) is 9.35. The first-order chi connectivity index (χ1) is 30.5. The number of sulfonamides is 1. The molecule has 22 heteroatoms. The number of amides is 4. The van der Waals surface area contributed by atoms with Gasteiger partial charge in [-0.1, -0.05) is 24.3 Å². The number of amidine groups is 1. The maximum absolute atomic E-state index is 14.6. The monoisotopic (exact) mass is 929 g/mol. The number of hydrogen-bond donors (Lipinski definition) is 6. The van der Waals surface area contributed by atoms with Crippen molar-refractivity contribution in [1.29, 1.82) is 5.41 Å². The molecule has 2 saturated heterocycles. The van der Waals surface area contributed by atoms with Crippen LogP contribution in [0.2, 0.25) is 0 Å². The van der Waals surface area contributed by atoms with Crippen LogP contribution >= 0.6 is 0 Å². The molecule has 7 N–H and O–H groups in total. The molecule has 356 valence electrons. The molecule has 0 bridgehead atoms. The predicted octanol–water partition coefficient (Wildman–Crippen LogP) is 0.454. The molecule has 4 amide bonds. The first-order valence-electron chi connectivity index (χ1n) is 20.9. The third-order valence-electron chi connectivity index (χ3n) is 10.9. The zero-order chi connectivity index (χ0) is 48.3. The molecule has 4 rings (SSSR count). The molecule has 2 aliphatic heterocycles. The number of carbonyl (C=O) groups excluding carboxylic acids is 7. The van der Waals surface area contributed by atoms with E-state index >= 15 is 0 Å². The number of nitrogen functional groups attached to an aromatic ring is 1. The fourth-order valence-corrected chi connectivity index (χ4v) is 9.52. The van der Waals surface area contributed by atoms with Crippen LogP contribution in [-0.4, -0.2) is 130 Å². The maximum atomic E-state index is 14.6. The van der Waals surface area contributed by atoms with Gasteiger partial charge in [0, 0.05) is 52.8 Å². The number of carbonyl (C=O) groups is 7. The number of benzene rings is 2. The highest BCUT2D eigenvalue weighted by atomic mass is 32.2. The smallest absolute Gasteiger partial charge is 0.303 e. The average Bonchev–Trinajstić information content (AvgIpc) is 3.22. The van der Waals surface area contributed by atoms with E-state index in [4.69, 9.17) is 34.8 Å². The van der Waals surface area contributed by atoms with Gasteiger partial charge >= 0.3 is 17.9 Å². The molecule has 0 aliphatic carbocycles. The van der Waals surface area contributed by atoms with Gasteiger partial charge in [0.05, 0.1) is 18.4 Å². The Labute approximate surface area is 377 Å². The van der Waals surface area contributed by atoms with E-state index < -0.39 is 107 Å². The fourth-order valence-electron chi connectivity index (χ4n) is 7.80. The number of esters is 3. The Balaban J connectivity index is 1.77. The summed E-state index contributed by atoms with van der Waals surface area (Å²) in [5.41, 5.74) is 7.71. The fraction of sp³-hybridized carbons (Fsp3) is 0.535. The van der Waals surface area contributed by atoms with Crippen molar-refractivity contribution >= 4 is 57.4 Å². The molecule has 2 heterocycles. The van der Waals surface area contributed by atoms with E-state index in [1.807, 2.05) is 0 Å². The molecule has 21 nitrogen and oxygen atoms in total. The van der Waals surface area contributed by atoms with Crippen LogP contribution in [0.15, 0.2) is 35.2 Å². The Morgan fingerprint density at radius 3 is 2.03 bits per heavy atom. The van der Waals surface area contributed by atoms with Crippen molar-refractivity contribution in [2.24, 2.45) is 5.73 Å². The van der Waals surface area contributed by atoms with Gasteiger partial charge in [0.25, 0.3) is 0 Å². The molecule has 0 unspecified atom stereocenters. The lowest BCUT2D eigenvalue weighted by molar-refractivity contribution is -0.228. The lowest BCUT2D eigenvalue weighted by atomic mass is 9.94. The molecule has 0 radical (unpaired) electrons. The summed E-state index contributed by atoms with van der Waals surface area (Å²) in [7, 11) is -3.22. The molecule has 0 saturated carbocycles. The van der Waals surface area contributed by atoms with Crippen LogP contribution in [0.3, 0.4) is 0 Å². The van der Waals surface area contributed by atoms with E-state index in [1.54, 1.807) is 43.0 Å². The molecule has 7 atom stereocenters. The van der Waals surface area contributed by atoms with Crippen molar-refractivity contribution < 1.29 is 65.7 Å². The quantitative estimate of drug-likeness (QED) is 0.0512. The third kappa shape index (κ3) is 13.9. The van der Waals surface area contributed by atoms with E-state index in [9.17, 15) is 42.0 Å². The van der Waals surface area contributed by atoms with E-state index in [1.165, 1.54) is 20.1 Å². The third-order valence-corrected chi connectivity index (χ3v) is 12.6. The van der Waals surface area contributed by atoms with E-state index in [-0.39, 0.29) is 22.7 Å². The number of aryl methyl sites for hydroxylation is 1. The van der Waals surface area contributed by atoms with Crippen LogP contribution in [0.25, 0.3) is 0 Å². The Bertz CT molecular complexity index is 2250. The Morgan fingerprint density at radius 2 is 1.48 bits per heavy atom.